The standard InChI is InChI=1S/C9H10N2O3S/c12-10-9(15)6-3-7-1-4-8(5-2-7)11(13)14/h1-2,4-5,12H,3,6H2,(H,10,15). The maximum Gasteiger partial charge on any atom is 0.269 e. The third-order valence-corrected chi connectivity index (χ3v) is 2.21. The number of nitrogens with zero attached hydrogens (tertiary/aromatic N) is 1. The minimum Gasteiger partial charge on any atom is -0.291 e. The molecule has 0 fully saturated rings. The van der Waals surface area contributed by atoms with Gasteiger partial charge < -0.3 is 0 Å². The van der Waals surface area contributed by atoms with Gasteiger partial charge >= 0.3 is 0 Å². The average Bonchev–Trinajstić information content (AvgIpc) is 2.26. The second kappa shape index (κ2) is 5.38. The molecule has 6 heteroatoms. The number of aryl methyl sites for hydroxylation is 1. The summed E-state index contributed by atoms with van der Waals surface area (Å²) in [6.45, 7) is 0. The van der Waals surface area contributed by atoms with Crippen LogP contribution in [-0.4, -0.2) is 15.1 Å². The topological polar surface area (TPSA) is 75.4 Å². The molecule has 0 saturated heterocycles. The van der Waals surface area contributed by atoms with Crippen molar-refractivity contribution in [3.63, 3.8) is 0 Å². The lowest BCUT2D eigenvalue weighted by atomic mass is 10.1. The van der Waals surface area contributed by atoms with Crippen LogP contribution in [0.3, 0.4) is 0 Å². The Balaban J connectivity index is 2.57. The number of nitrogens with one attached hydrogen (secondary N) is 1. The molecule has 1 rings (SSSR count). The molecule has 0 aliphatic heterocycles. The normalized spacial score (nSPS) is 9.67. The van der Waals surface area contributed by atoms with Gasteiger partial charge in [-0.25, -0.2) is 0 Å². The van der Waals surface area contributed by atoms with Gasteiger partial charge in [0.15, 0.2) is 0 Å². The summed E-state index contributed by atoms with van der Waals surface area (Å²) in [5.74, 6) is 0. The highest BCUT2D eigenvalue weighted by Crippen LogP contribution is 2.12. The molecule has 2 N–H and O–H groups in total. The van der Waals surface area contributed by atoms with E-state index in [9.17, 15) is 10.1 Å². The first kappa shape index (κ1) is 11.5. The first-order chi connectivity index (χ1) is 7.13. The summed E-state index contributed by atoms with van der Waals surface area (Å²) in [5, 5.41) is 18.8. The Kier molecular flexibility index (Phi) is 4.14. The number of rotatable bonds is 4. The van der Waals surface area contributed by atoms with Crippen LogP contribution in [0.15, 0.2) is 24.3 Å². The van der Waals surface area contributed by atoms with Crippen LogP contribution in [-0.2, 0) is 6.42 Å². The van der Waals surface area contributed by atoms with Crippen molar-refractivity contribution in [1.29, 1.82) is 0 Å². The number of hydroxylamine groups is 1. The molecule has 0 atom stereocenters. The van der Waals surface area contributed by atoms with Crippen LogP contribution in [0.4, 0.5) is 5.69 Å². The van der Waals surface area contributed by atoms with Crippen molar-refractivity contribution in [2.75, 3.05) is 0 Å². The monoisotopic (exact) mass is 226 g/mol. The Morgan fingerprint density at radius 1 is 1.47 bits per heavy atom. The highest BCUT2D eigenvalue weighted by Gasteiger charge is 2.04. The summed E-state index contributed by atoms with van der Waals surface area (Å²) < 4.78 is 0. The zero-order valence-corrected chi connectivity index (χ0v) is 8.66. The molecule has 1 aromatic rings. The molecule has 5 nitrogen and oxygen atoms in total. The first-order valence-corrected chi connectivity index (χ1v) is 4.70. The lowest BCUT2D eigenvalue weighted by Crippen LogP contribution is -2.16. The summed E-state index contributed by atoms with van der Waals surface area (Å²) in [6, 6.07) is 6.26. The first-order valence-electron chi connectivity index (χ1n) is 4.29. The van der Waals surface area contributed by atoms with E-state index in [2.05, 4.69) is 0 Å². The van der Waals surface area contributed by atoms with Crippen LogP contribution in [0.5, 0.6) is 0 Å². The van der Waals surface area contributed by atoms with Crippen molar-refractivity contribution in [3.8, 4) is 0 Å². The predicted molar refractivity (Wildman–Crippen MR) is 58.9 cm³/mol. The van der Waals surface area contributed by atoms with Gasteiger partial charge in [-0.3, -0.25) is 20.8 Å². The fraction of sp³-hybridized carbons (Fsp3) is 0.222. The molecule has 15 heavy (non-hydrogen) atoms. The third-order valence-electron chi connectivity index (χ3n) is 1.91. The Hall–Kier alpha value is -1.53. The van der Waals surface area contributed by atoms with Crippen molar-refractivity contribution < 1.29 is 10.1 Å². The number of nitro benzene ring substituents is 1. The van der Waals surface area contributed by atoms with E-state index in [0.29, 0.717) is 17.8 Å². The molecule has 1 aromatic carbocycles. The van der Waals surface area contributed by atoms with E-state index in [-0.39, 0.29) is 5.69 Å². The molecule has 0 aromatic heterocycles. The number of nitro groups is 1. The highest BCUT2D eigenvalue weighted by molar-refractivity contribution is 7.80. The van der Waals surface area contributed by atoms with Gasteiger partial charge in [-0.05, 0) is 12.0 Å². The summed E-state index contributed by atoms with van der Waals surface area (Å²) in [6.07, 6.45) is 1.16. The number of non-ortho nitro benzene ring substituents is 1. The van der Waals surface area contributed by atoms with E-state index >= 15 is 0 Å². The van der Waals surface area contributed by atoms with Gasteiger partial charge in [-0.1, -0.05) is 24.4 Å². The van der Waals surface area contributed by atoms with Crippen LogP contribution >= 0.6 is 12.2 Å². The Labute approximate surface area is 91.8 Å². The molecular weight excluding hydrogens is 216 g/mol. The predicted octanol–water partition coefficient (Wildman–Crippen LogP) is 1.83. The van der Waals surface area contributed by atoms with E-state index in [1.165, 1.54) is 12.1 Å². The van der Waals surface area contributed by atoms with E-state index < -0.39 is 4.92 Å². The molecule has 0 bridgehead atoms. The van der Waals surface area contributed by atoms with Crippen molar-refractivity contribution in [2.24, 2.45) is 0 Å². The van der Waals surface area contributed by atoms with Crippen molar-refractivity contribution >= 4 is 22.9 Å². The largest absolute Gasteiger partial charge is 0.291 e. The van der Waals surface area contributed by atoms with Gasteiger partial charge in [0.25, 0.3) is 5.69 Å². The number of hydrogen-bond donors (Lipinski definition) is 2. The second-order valence-corrected chi connectivity index (χ2v) is 3.45. The van der Waals surface area contributed by atoms with E-state index in [1.807, 2.05) is 5.48 Å². The lowest BCUT2D eigenvalue weighted by molar-refractivity contribution is -0.384. The molecule has 0 aliphatic carbocycles. The summed E-state index contributed by atoms with van der Waals surface area (Å²) in [5.41, 5.74) is 2.90. The maximum absolute atomic E-state index is 10.4. The maximum atomic E-state index is 10.4. The molecule has 0 amide bonds. The van der Waals surface area contributed by atoms with Crippen molar-refractivity contribution in [1.82, 2.24) is 5.48 Å². The van der Waals surface area contributed by atoms with Gasteiger partial charge in [0.1, 0.15) is 4.99 Å². The van der Waals surface area contributed by atoms with Gasteiger partial charge in [0.05, 0.1) is 4.92 Å². The van der Waals surface area contributed by atoms with Crippen molar-refractivity contribution in [2.45, 2.75) is 12.8 Å². The van der Waals surface area contributed by atoms with Gasteiger partial charge in [-0.15, -0.1) is 0 Å². The van der Waals surface area contributed by atoms with Gasteiger partial charge in [-0.2, -0.15) is 0 Å². The molecule has 0 unspecified atom stereocenters. The van der Waals surface area contributed by atoms with Crippen LogP contribution in [0.1, 0.15) is 12.0 Å². The smallest absolute Gasteiger partial charge is 0.269 e. The van der Waals surface area contributed by atoms with Crippen molar-refractivity contribution in [3.05, 3.63) is 39.9 Å². The summed E-state index contributed by atoms with van der Waals surface area (Å²) in [4.78, 5) is 10.3. The van der Waals surface area contributed by atoms with E-state index in [0.717, 1.165) is 5.56 Å². The van der Waals surface area contributed by atoms with Crippen LogP contribution in [0.2, 0.25) is 0 Å². The zero-order valence-electron chi connectivity index (χ0n) is 7.84. The summed E-state index contributed by atoms with van der Waals surface area (Å²) >= 11 is 4.75. The molecular formula is C9H10N2O3S. The fourth-order valence-electron chi connectivity index (χ4n) is 1.10. The molecule has 0 heterocycles. The SMILES string of the molecule is O=[N+]([O-])c1ccc(CCC(=S)NO)cc1. The van der Waals surface area contributed by atoms with Crippen LogP contribution in [0, 0.1) is 10.1 Å². The number of hydrogen-bond acceptors (Lipinski definition) is 4. The Bertz CT molecular complexity index is 364. The molecule has 0 aliphatic rings. The van der Waals surface area contributed by atoms with Crippen LogP contribution < -0.4 is 5.48 Å². The Morgan fingerprint density at radius 3 is 2.53 bits per heavy atom. The molecule has 80 valence electrons. The minimum absolute atomic E-state index is 0.0709. The third kappa shape index (κ3) is 3.61. The second-order valence-electron chi connectivity index (χ2n) is 2.96. The van der Waals surface area contributed by atoms with Gasteiger partial charge in [0.2, 0.25) is 0 Å². The van der Waals surface area contributed by atoms with E-state index in [4.69, 9.17) is 17.4 Å². The molecule has 0 radical (unpaired) electrons. The quantitative estimate of drug-likeness (QED) is 0.465. The zero-order chi connectivity index (χ0) is 11.3. The van der Waals surface area contributed by atoms with Gasteiger partial charge in [0, 0.05) is 18.6 Å². The van der Waals surface area contributed by atoms with Crippen LogP contribution in [0.25, 0.3) is 0 Å². The van der Waals surface area contributed by atoms with E-state index in [1.54, 1.807) is 12.1 Å². The molecule has 0 saturated carbocycles. The fourth-order valence-corrected chi connectivity index (χ4v) is 1.20. The molecule has 0 spiro atoms. The lowest BCUT2D eigenvalue weighted by Gasteiger charge is -2.01. The highest BCUT2D eigenvalue weighted by atomic mass is 32.1. The number of benzene rings is 1. The number of thiocarbonyl (C=S) groups is 1. The Morgan fingerprint density at radius 2 is 2.07 bits per heavy atom. The minimum atomic E-state index is -0.441. The summed E-state index contributed by atoms with van der Waals surface area (Å²) in [7, 11) is 0. The average molecular weight is 226 g/mol.